The molecule has 1 amide bonds. The molecule has 0 aromatic heterocycles. The maximum atomic E-state index is 12.9. The lowest BCUT2D eigenvalue weighted by atomic mass is 9.97. The number of halogens is 3. The fraction of sp³-hybridized carbons (Fsp3) is 0.533. The Morgan fingerprint density at radius 1 is 1.29 bits per heavy atom. The van der Waals surface area contributed by atoms with Crippen molar-refractivity contribution in [1.29, 1.82) is 0 Å². The molecule has 1 N–H and O–H groups in total. The first-order valence-electron chi connectivity index (χ1n) is 7.01. The molecule has 1 aromatic carbocycles. The summed E-state index contributed by atoms with van der Waals surface area (Å²) in [4.78, 5) is 14.2. The lowest BCUT2D eigenvalue weighted by Crippen LogP contribution is -2.37. The van der Waals surface area contributed by atoms with Crippen molar-refractivity contribution < 1.29 is 18.0 Å². The van der Waals surface area contributed by atoms with Crippen LogP contribution in [0.25, 0.3) is 0 Å². The van der Waals surface area contributed by atoms with Gasteiger partial charge in [0, 0.05) is 6.54 Å². The molecule has 1 fully saturated rings. The summed E-state index contributed by atoms with van der Waals surface area (Å²) >= 11 is 0. The SMILES string of the molecule is CN1CCC(CNC(=O)c2ccccc2C(F)(F)F)CC1. The van der Waals surface area contributed by atoms with Gasteiger partial charge in [0.15, 0.2) is 0 Å². The van der Waals surface area contributed by atoms with E-state index in [0.29, 0.717) is 12.5 Å². The lowest BCUT2D eigenvalue weighted by molar-refractivity contribution is -0.137. The summed E-state index contributed by atoms with van der Waals surface area (Å²) in [6.07, 6.45) is -2.60. The molecule has 0 atom stereocenters. The van der Waals surface area contributed by atoms with Gasteiger partial charge < -0.3 is 10.2 Å². The van der Waals surface area contributed by atoms with E-state index < -0.39 is 17.6 Å². The first-order valence-corrected chi connectivity index (χ1v) is 7.01. The summed E-state index contributed by atoms with van der Waals surface area (Å²) in [6.45, 7) is 2.35. The van der Waals surface area contributed by atoms with E-state index in [1.54, 1.807) is 0 Å². The van der Waals surface area contributed by atoms with E-state index in [1.165, 1.54) is 18.2 Å². The smallest absolute Gasteiger partial charge is 0.352 e. The number of benzene rings is 1. The monoisotopic (exact) mass is 300 g/mol. The van der Waals surface area contributed by atoms with Crippen LogP contribution in [0.5, 0.6) is 0 Å². The maximum absolute atomic E-state index is 12.9. The summed E-state index contributed by atoms with van der Waals surface area (Å²) in [5.41, 5.74) is -1.19. The molecule has 21 heavy (non-hydrogen) atoms. The maximum Gasteiger partial charge on any atom is 0.417 e. The van der Waals surface area contributed by atoms with Crippen molar-refractivity contribution in [3.8, 4) is 0 Å². The number of nitrogens with one attached hydrogen (secondary N) is 1. The van der Waals surface area contributed by atoms with E-state index >= 15 is 0 Å². The lowest BCUT2D eigenvalue weighted by Gasteiger charge is -2.29. The highest BCUT2D eigenvalue weighted by Gasteiger charge is 2.34. The van der Waals surface area contributed by atoms with E-state index in [4.69, 9.17) is 0 Å². The van der Waals surface area contributed by atoms with Gasteiger partial charge in [-0.3, -0.25) is 4.79 Å². The number of rotatable bonds is 3. The standard InChI is InChI=1S/C15H19F3N2O/c1-20-8-6-11(7-9-20)10-19-14(21)12-4-2-3-5-13(12)15(16,17)18/h2-5,11H,6-10H2,1H3,(H,19,21). The molecule has 2 rings (SSSR count). The minimum Gasteiger partial charge on any atom is -0.352 e. The Morgan fingerprint density at radius 3 is 2.52 bits per heavy atom. The van der Waals surface area contributed by atoms with Gasteiger partial charge in [-0.05, 0) is 51.0 Å². The zero-order chi connectivity index (χ0) is 15.5. The number of carbonyl (C=O) groups is 1. The van der Waals surface area contributed by atoms with Crippen LogP contribution in [0.4, 0.5) is 13.2 Å². The molecule has 3 nitrogen and oxygen atoms in total. The van der Waals surface area contributed by atoms with E-state index in [0.717, 1.165) is 32.0 Å². The van der Waals surface area contributed by atoms with Crippen molar-refractivity contribution >= 4 is 5.91 Å². The zero-order valence-corrected chi connectivity index (χ0v) is 11.9. The van der Waals surface area contributed by atoms with E-state index in [-0.39, 0.29) is 5.56 Å². The summed E-state index contributed by atoms with van der Waals surface area (Å²) in [7, 11) is 2.04. The molecule has 1 saturated heterocycles. The highest BCUT2D eigenvalue weighted by molar-refractivity contribution is 5.95. The predicted molar refractivity (Wildman–Crippen MR) is 74.0 cm³/mol. The van der Waals surface area contributed by atoms with Gasteiger partial charge in [0.05, 0.1) is 11.1 Å². The summed E-state index contributed by atoms with van der Waals surface area (Å²) in [5, 5.41) is 2.64. The van der Waals surface area contributed by atoms with Crippen LogP contribution in [-0.2, 0) is 6.18 Å². The van der Waals surface area contributed by atoms with E-state index in [2.05, 4.69) is 10.2 Å². The van der Waals surface area contributed by atoms with E-state index in [1.807, 2.05) is 7.05 Å². The number of piperidine rings is 1. The third-order valence-corrected chi connectivity index (χ3v) is 3.87. The number of alkyl halides is 3. The second-order valence-electron chi connectivity index (χ2n) is 5.50. The average Bonchev–Trinajstić information content (AvgIpc) is 2.45. The molecule has 0 saturated carbocycles. The Labute approximate surface area is 122 Å². The summed E-state index contributed by atoms with van der Waals surface area (Å²) in [5.74, 6) is -0.315. The molecule has 0 bridgehead atoms. The molecule has 1 aromatic rings. The topological polar surface area (TPSA) is 32.3 Å². The molecule has 116 valence electrons. The van der Waals surface area contributed by atoms with Gasteiger partial charge in [-0.25, -0.2) is 0 Å². The van der Waals surface area contributed by atoms with Gasteiger partial charge >= 0.3 is 6.18 Å². The first-order chi connectivity index (χ1) is 9.88. The van der Waals surface area contributed by atoms with Crippen molar-refractivity contribution in [2.75, 3.05) is 26.7 Å². The van der Waals surface area contributed by atoms with Crippen molar-refractivity contribution in [1.82, 2.24) is 10.2 Å². The molecule has 0 spiro atoms. The summed E-state index contributed by atoms with van der Waals surface area (Å²) in [6, 6.07) is 4.88. The Bertz CT molecular complexity index is 494. The predicted octanol–water partition coefficient (Wildman–Crippen LogP) is 2.78. The normalized spacial score (nSPS) is 17.7. The molecule has 1 aliphatic rings. The van der Waals surface area contributed by atoms with Gasteiger partial charge in [-0.15, -0.1) is 0 Å². The minimum absolute atomic E-state index is 0.307. The van der Waals surface area contributed by atoms with E-state index in [9.17, 15) is 18.0 Å². The zero-order valence-electron chi connectivity index (χ0n) is 11.9. The van der Waals surface area contributed by atoms with Gasteiger partial charge in [0.25, 0.3) is 5.91 Å². The molecule has 0 aliphatic carbocycles. The number of likely N-dealkylation sites (tertiary alicyclic amines) is 1. The number of carbonyl (C=O) groups excluding carboxylic acids is 1. The van der Waals surface area contributed by atoms with Gasteiger partial charge in [-0.1, -0.05) is 12.1 Å². The summed E-state index contributed by atoms with van der Waals surface area (Å²) < 4.78 is 38.6. The van der Waals surface area contributed by atoms with Crippen LogP contribution in [0.15, 0.2) is 24.3 Å². The molecule has 0 unspecified atom stereocenters. The fourth-order valence-electron chi connectivity index (χ4n) is 2.53. The molecular weight excluding hydrogens is 281 g/mol. The Hall–Kier alpha value is -1.56. The molecule has 1 heterocycles. The highest BCUT2D eigenvalue weighted by Crippen LogP contribution is 2.31. The van der Waals surface area contributed by atoms with Crippen LogP contribution in [0.1, 0.15) is 28.8 Å². The van der Waals surface area contributed by atoms with Crippen molar-refractivity contribution in [2.45, 2.75) is 19.0 Å². The number of hydrogen-bond donors (Lipinski definition) is 1. The average molecular weight is 300 g/mol. The van der Waals surface area contributed by atoms with Crippen LogP contribution in [0.2, 0.25) is 0 Å². The number of amides is 1. The molecule has 0 radical (unpaired) electrons. The van der Waals surface area contributed by atoms with Crippen LogP contribution in [-0.4, -0.2) is 37.5 Å². The Kier molecular flexibility index (Phi) is 4.88. The molecular formula is C15H19F3N2O. The van der Waals surface area contributed by atoms with Gasteiger partial charge in [0.2, 0.25) is 0 Å². The molecule has 6 heteroatoms. The second kappa shape index (κ2) is 6.47. The quantitative estimate of drug-likeness (QED) is 0.931. The number of nitrogens with zero attached hydrogens (tertiary/aromatic N) is 1. The highest BCUT2D eigenvalue weighted by atomic mass is 19.4. The van der Waals surface area contributed by atoms with Gasteiger partial charge in [0.1, 0.15) is 0 Å². The fourth-order valence-corrected chi connectivity index (χ4v) is 2.53. The largest absolute Gasteiger partial charge is 0.417 e. The van der Waals surface area contributed by atoms with Crippen LogP contribution < -0.4 is 5.32 Å². The third-order valence-electron chi connectivity index (χ3n) is 3.87. The first kappa shape index (κ1) is 15.8. The van der Waals surface area contributed by atoms with Crippen LogP contribution >= 0.6 is 0 Å². The molecule has 1 aliphatic heterocycles. The third kappa shape index (κ3) is 4.20. The number of hydrogen-bond acceptors (Lipinski definition) is 2. The van der Waals surface area contributed by atoms with Gasteiger partial charge in [-0.2, -0.15) is 13.2 Å². The minimum atomic E-state index is -4.51. The Morgan fingerprint density at radius 2 is 1.90 bits per heavy atom. The van der Waals surface area contributed by atoms with Crippen molar-refractivity contribution in [3.63, 3.8) is 0 Å². The van der Waals surface area contributed by atoms with Crippen LogP contribution in [0.3, 0.4) is 0 Å². The van der Waals surface area contributed by atoms with Crippen molar-refractivity contribution in [2.24, 2.45) is 5.92 Å². The Balaban J connectivity index is 1.98. The second-order valence-corrected chi connectivity index (χ2v) is 5.50. The van der Waals surface area contributed by atoms with Crippen molar-refractivity contribution in [3.05, 3.63) is 35.4 Å². The van der Waals surface area contributed by atoms with Crippen LogP contribution in [0, 0.1) is 5.92 Å².